The molecule has 0 aromatic heterocycles. The van der Waals surface area contributed by atoms with Gasteiger partial charge in [-0.2, -0.15) is 0 Å². The Labute approximate surface area is 221 Å². The molecule has 4 unspecified atom stereocenters. The number of ether oxygens (including phenoxy) is 3. The van der Waals surface area contributed by atoms with Crippen LogP contribution in [-0.2, 0) is 14.3 Å². The first-order valence-electron chi connectivity index (χ1n) is 13.9. The number of halogens is 1. The lowest BCUT2D eigenvalue weighted by molar-refractivity contribution is -0.126. The average molecular weight is 518 g/mol. The van der Waals surface area contributed by atoms with Crippen LogP contribution in [0, 0.1) is 34.9 Å². The van der Waals surface area contributed by atoms with Crippen LogP contribution in [0.15, 0.2) is 12.1 Å². The molecular weight excluding hydrogens is 473 g/mol. The van der Waals surface area contributed by atoms with Crippen molar-refractivity contribution in [2.75, 3.05) is 33.9 Å². The second-order valence-corrected chi connectivity index (χ2v) is 12.4. The highest BCUT2D eigenvalue weighted by molar-refractivity contribution is 5.95. The van der Waals surface area contributed by atoms with Crippen molar-refractivity contribution in [3.05, 3.63) is 29.1 Å². The Bertz CT molecular complexity index is 944. The maximum atomic E-state index is 15.3. The maximum absolute atomic E-state index is 15.3. The quantitative estimate of drug-likeness (QED) is 0.426. The number of benzene rings is 1. The number of hydrogen-bond acceptors (Lipinski definition) is 5. The third-order valence-corrected chi connectivity index (χ3v) is 8.87. The molecule has 1 aliphatic heterocycles. The molecule has 37 heavy (non-hydrogen) atoms. The third kappa shape index (κ3) is 6.47. The second-order valence-electron chi connectivity index (χ2n) is 12.4. The fourth-order valence-corrected chi connectivity index (χ4v) is 7.47. The largest absolute Gasteiger partial charge is 0.493 e. The monoisotopic (exact) mass is 517 g/mol. The molecular formula is C30H44FNO5. The molecule has 3 aliphatic carbocycles. The number of fused-ring (bicyclic) bond motifs is 2. The smallest absolute Gasteiger partial charge is 0.292 e. The fraction of sp³-hybridized carbons (Fsp3) is 0.733. The summed E-state index contributed by atoms with van der Waals surface area (Å²) in [6.07, 6.45) is 8.52. The van der Waals surface area contributed by atoms with Crippen LogP contribution >= 0.6 is 0 Å². The number of carbonyl (C=O) groups is 2. The van der Waals surface area contributed by atoms with Crippen molar-refractivity contribution in [1.29, 1.82) is 0 Å². The van der Waals surface area contributed by atoms with Crippen molar-refractivity contribution in [3.63, 3.8) is 0 Å². The summed E-state index contributed by atoms with van der Waals surface area (Å²) in [4.78, 5) is 23.9. The Morgan fingerprint density at radius 2 is 1.73 bits per heavy atom. The van der Waals surface area contributed by atoms with E-state index in [4.69, 9.17) is 14.3 Å². The molecule has 4 atom stereocenters. The summed E-state index contributed by atoms with van der Waals surface area (Å²) in [5.41, 5.74) is 1.42. The Kier molecular flexibility index (Phi) is 8.82. The zero-order valence-corrected chi connectivity index (χ0v) is 23.1. The van der Waals surface area contributed by atoms with Gasteiger partial charge in [0.25, 0.3) is 12.4 Å². The lowest BCUT2D eigenvalue weighted by Gasteiger charge is -2.49. The molecule has 0 spiro atoms. The number of amides is 1. The van der Waals surface area contributed by atoms with E-state index in [9.17, 15) is 4.79 Å². The van der Waals surface area contributed by atoms with Crippen LogP contribution in [0.4, 0.5) is 4.39 Å². The minimum atomic E-state index is -0.461. The molecule has 4 aliphatic rings. The molecule has 4 fully saturated rings. The predicted octanol–water partition coefficient (Wildman–Crippen LogP) is 5.83. The average Bonchev–Trinajstić information content (AvgIpc) is 3.62. The van der Waals surface area contributed by atoms with Gasteiger partial charge in [0.05, 0.1) is 25.4 Å². The topological polar surface area (TPSA) is 65.1 Å². The molecule has 1 amide bonds. The zero-order valence-electron chi connectivity index (χ0n) is 23.1. The van der Waals surface area contributed by atoms with Crippen LogP contribution in [0.2, 0.25) is 0 Å². The minimum Gasteiger partial charge on any atom is -0.493 e. The van der Waals surface area contributed by atoms with Gasteiger partial charge in [0.15, 0.2) is 0 Å². The zero-order chi connectivity index (χ0) is 26.7. The maximum Gasteiger partial charge on any atom is 0.292 e. The van der Waals surface area contributed by atoms with E-state index in [2.05, 4.69) is 25.5 Å². The van der Waals surface area contributed by atoms with Crippen molar-refractivity contribution in [2.45, 2.75) is 77.7 Å². The van der Waals surface area contributed by atoms with E-state index in [1.807, 2.05) is 0 Å². The molecule has 206 valence electrons. The number of hydrogen-bond donors (Lipinski definition) is 0. The van der Waals surface area contributed by atoms with E-state index in [1.165, 1.54) is 45.3 Å². The molecule has 3 saturated carbocycles. The van der Waals surface area contributed by atoms with Gasteiger partial charge in [0.1, 0.15) is 11.6 Å². The van der Waals surface area contributed by atoms with E-state index in [1.54, 1.807) is 18.1 Å². The number of nitrogens with zero attached hydrogens (tertiary/aromatic N) is 1. The van der Waals surface area contributed by atoms with Gasteiger partial charge in [-0.25, -0.2) is 4.39 Å². The number of likely N-dealkylation sites (tertiary alicyclic amines) is 1. The lowest BCUT2D eigenvalue weighted by Crippen LogP contribution is -2.43. The van der Waals surface area contributed by atoms with Gasteiger partial charge in [-0.15, -0.1) is 0 Å². The summed E-state index contributed by atoms with van der Waals surface area (Å²) >= 11 is 0. The van der Waals surface area contributed by atoms with E-state index in [-0.39, 0.29) is 28.9 Å². The van der Waals surface area contributed by atoms with Crippen LogP contribution in [0.25, 0.3) is 0 Å². The fourth-order valence-electron chi connectivity index (χ4n) is 7.47. The van der Waals surface area contributed by atoms with Crippen LogP contribution < -0.4 is 4.74 Å². The number of rotatable bonds is 7. The summed E-state index contributed by atoms with van der Waals surface area (Å²) in [6, 6.07) is 3.30. The van der Waals surface area contributed by atoms with Gasteiger partial charge in [0.2, 0.25) is 0 Å². The van der Waals surface area contributed by atoms with Crippen LogP contribution in [0.1, 0.15) is 87.6 Å². The Morgan fingerprint density at radius 1 is 1.08 bits per heavy atom. The molecule has 0 radical (unpaired) electrons. The van der Waals surface area contributed by atoms with E-state index in [0.717, 1.165) is 36.2 Å². The molecule has 7 heteroatoms. The predicted molar refractivity (Wildman–Crippen MR) is 140 cm³/mol. The Hall–Kier alpha value is -2.15. The highest BCUT2D eigenvalue weighted by atomic mass is 19.1. The highest BCUT2D eigenvalue weighted by Crippen LogP contribution is 2.53. The first-order chi connectivity index (χ1) is 17.7. The Morgan fingerprint density at radius 3 is 2.27 bits per heavy atom. The molecule has 0 N–H and O–H groups in total. The molecule has 1 aromatic carbocycles. The first-order valence-corrected chi connectivity index (χ1v) is 13.9. The standard InChI is InChI=1S/C28H40FNO3.C2H4O2/c1-17-7-20-8-18(2)12-28(11-17,13-20)16-33-25-10-24(29)23(9-22(25)21-5-6-21)27(31)30-14-19(3)26(15-30)32-4;1-4-2-3/h9-10,17-21,26H,5-8,11-16H2,1-4H3;2H,1H3. The summed E-state index contributed by atoms with van der Waals surface area (Å²) < 4.78 is 31.1. The number of carbonyl (C=O) groups excluding carboxylic acids is 2. The normalized spacial score (nSPS) is 32.8. The van der Waals surface area contributed by atoms with E-state index >= 15 is 4.39 Å². The van der Waals surface area contributed by atoms with Crippen LogP contribution in [0.5, 0.6) is 5.75 Å². The van der Waals surface area contributed by atoms with Crippen LogP contribution in [0.3, 0.4) is 0 Å². The van der Waals surface area contributed by atoms with Gasteiger partial charge < -0.3 is 19.1 Å². The molecule has 6 nitrogen and oxygen atoms in total. The highest BCUT2D eigenvalue weighted by Gasteiger charge is 2.45. The van der Waals surface area contributed by atoms with Gasteiger partial charge in [0, 0.05) is 37.6 Å². The van der Waals surface area contributed by atoms with Crippen LogP contribution in [-0.4, -0.2) is 57.3 Å². The van der Waals surface area contributed by atoms with Gasteiger partial charge in [-0.1, -0.05) is 20.8 Å². The van der Waals surface area contributed by atoms with Crippen molar-refractivity contribution < 1.29 is 28.2 Å². The van der Waals surface area contributed by atoms with Gasteiger partial charge >= 0.3 is 0 Å². The van der Waals surface area contributed by atoms with Crippen molar-refractivity contribution in [3.8, 4) is 5.75 Å². The lowest BCUT2D eigenvalue weighted by atomic mass is 9.57. The first kappa shape index (κ1) is 27.9. The molecule has 1 heterocycles. The van der Waals surface area contributed by atoms with E-state index < -0.39 is 5.82 Å². The van der Waals surface area contributed by atoms with Gasteiger partial charge in [-0.05, 0) is 80.2 Å². The van der Waals surface area contributed by atoms with Crippen molar-refractivity contribution in [1.82, 2.24) is 4.90 Å². The van der Waals surface area contributed by atoms with E-state index in [0.29, 0.717) is 37.8 Å². The Balaban J connectivity index is 0.000000747. The summed E-state index contributed by atoms with van der Waals surface area (Å²) in [7, 11) is 2.99. The summed E-state index contributed by atoms with van der Waals surface area (Å²) in [5, 5.41) is 0. The number of methoxy groups -OCH3 is 2. The van der Waals surface area contributed by atoms with Crippen molar-refractivity contribution in [2.24, 2.45) is 29.1 Å². The summed E-state index contributed by atoms with van der Waals surface area (Å²) in [5.74, 6) is 2.89. The SMILES string of the molecule is COC1CN(C(=O)c2cc(C3CC3)c(OCC34CC(C)CC(CC(C)C3)C4)cc2F)CC1C.COC=O. The molecule has 2 bridgehead atoms. The third-order valence-electron chi connectivity index (χ3n) is 8.87. The molecule has 1 aromatic rings. The minimum absolute atomic E-state index is 0.0152. The second kappa shape index (κ2) is 11.7. The summed E-state index contributed by atoms with van der Waals surface area (Å²) in [6.45, 7) is 9.00. The molecule has 1 saturated heterocycles. The molecule has 5 rings (SSSR count). The van der Waals surface area contributed by atoms with Crippen molar-refractivity contribution >= 4 is 12.4 Å². The van der Waals surface area contributed by atoms with Gasteiger partial charge in [-0.3, -0.25) is 9.59 Å².